The van der Waals surface area contributed by atoms with E-state index in [4.69, 9.17) is 3.76 Å². The molecule has 0 bridgehead atoms. The van der Waals surface area contributed by atoms with Crippen molar-refractivity contribution < 1.29 is 3.76 Å². The summed E-state index contributed by atoms with van der Waals surface area (Å²) in [4.78, 5) is 0. The van der Waals surface area contributed by atoms with Crippen LogP contribution in [0.15, 0.2) is 0 Å². The molecule has 0 N–H and O–H groups in total. The van der Waals surface area contributed by atoms with Crippen molar-refractivity contribution in [2.45, 2.75) is 54.1 Å². The molecule has 1 heterocycles. The molecule has 0 spiro atoms. The van der Waals surface area contributed by atoms with Crippen molar-refractivity contribution in [2.75, 3.05) is 0 Å². The standard InChI is InChI=1S/C9H22Ge2O/c1-9(2)7-8-10(3,4)11(5,6)12-9/h7-8H2,1-6H3. The second-order valence-corrected chi connectivity index (χ2v) is 49.4. The number of hydrogen-bond acceptors (Lipinski definition) is 1. The van der Waals surface area contributed by atoms with E-state index in [1.807, 2.05) is 0 Å². The van der Waals surface area contributed by atoms with E-state index < -0.39 is 22.9 Å². The quantitative estimate of drug-likeness (QED) is 0.623. The van der Waals surface area contributed by atoms with E-state index in [-0.39, 0.29) is 5.60 Å². The molecule has 72 valence electrons. The predicted octanol–water partition coefficient (Wildman–Crippen LogP) is 3.18. The van der Waals surface area contributed by atoms with Crippen molar-refractivity contribution in [3.8, 4) is 0 Å². The van der Waals surface area contributed by atoms with Crippen LogP contribution in [0.2, 0.25) is 28.3 Å². The fraction of sp³-hybridized carbons (Fsp3) is 1.00. The second kappa shape index (κ2) is 3.02. The molecule has 0 radical (unpaired) electrons. The Hall–Kier alpha value is 1.05. The third-order valence-corrected chi connectivity index (χ3v) is 55.1. The maximum absolute atomic E-state index is 6.35. The molecular formula is C9H22Ge2O. The van der Waals surface area contributed by atoms with Crippen LogP contribution < -0.4 is 0 Å². The first-order valence-corrected chi connectivity index (χ1v) is 22.1. The van der Waals surface area contributed by atoms with Gasteiger partial charge in [0.25, 0.3) is 0 Å². The zero-order valence-corrected chi connectivity index (χ0v) is 13.5. The van der Waals surface area contributed by atoms with E-state index in [0.29, 0.717) is 0 Å². The Morgan fingerprint density at radius 2 is 1.58 bits per heavy atom. The molecule has 0 amide bonds. The SMILES string of the molecule is CC1(C)C[CH2][Ge]([CH3])([CH3])[Ge]([CH3])([CH3])[O]1. The van der Waals surface area contributed by atoms with E-state index in [9.17, 15) is 0 Å². The second-order valence-electron chi connectivity index (χ2n) is 5.76. The first-order chi connectivity index (χ1) is 5.16. The molecule has 3 heteroatoms. The van der Waals surface area contributed by atoms with E-state index >= 15 is 0 Å². The number of rotatable bonds is 0. The molecule has 0 atom stereocenters. The van der Waals surface area contributed by atoms with Crippen molar-refractivity contribution >= 4 is 22.9 Å². The Kier molecular flexibility index (Phi) is 2.80. The van der Waals surface area contributed by atoms with Gasteiger partial charge in [-0.1, -0.05) is 0 Å². The summed E-state index contributed by atoms with van der Waals surface area (Å²) in [6.07, 6.45) is 1.30. The molecule has 0 unspecified atom stereocenters. The zero-order chi connectivity index (χ0) is 9.62. The summed E-state index contributed by atoms with van der Waals surface area (Å²) >= 11 is -3.22. The van der Waals surface area contributed by atoms with Gasteiger partial charge in [-0.05, 0) is 0 Å². The molecular weight excluding hydrogens is 269 g/mol. The molecule has 1 saturated heterocycles. The van der Waals surface area contributed by atoms with Gasteiger partial charge in [-0.15, -0.1) is 0 Å². The third-order valence-electron chi connectivity index (χ3n) is 3.51. The van der Waals surface area contributed by atoms with E-state index in [0.717, 1.165) is 0 Å². The molecule has 1 aliphatic rings. The summed E-state index contributed by atoms with van der Waals surface area (Å²) in [6, 6.07) is 0. The van der Waals surface area contributed by atoms with Crippen LogP contribution in [0.1, 0.15) is 20.3 Å². The molecule has 1 aliphatic heterocycles. The Morgan fingerprint density at radius 1 is 1.08 bits per heavy atom. The van der Waals surface area contributed by atoms with Crippen molar-refractivity contribution in [2.24, 2.45) is 0 Å². The molecule has 0 saturated carbocycles. The average Bonchev–Trinajstić information content (AvgIpc) is 1.79. The summed E-state index contributed by atoms with van der Waals surface area (Å²) in [5.74, 6) is 10.1. The van der Waals surface area contributed by atoms with Gasteiger partial charge < -0.3 is 0 Å². The van der Waals surface area contributed by atoms with Gasteiger partial charge in [0.05, 0.1) is 0 Å². The minimum atomic E-state index is -1.78. The Morgan fingerprint density at radius 3 is 1.92 bits per heavy atom. The number of hydrogen-bond donors (Lipinski definition) is 0. The van der Waals surface area contributed by atoms with Gasteiger partial charge in [0, 0.05) is 0 Å². The monoisotopic (exact) mass is 294 g/mol. The fourth-order valence-corrected chi connectivity index (χ4v) is 23.3. The zero-order valence-electron chi connectivity index (χ0n) is 9.32. The summed E-state index contributed by atoms with van der Waals surface area (Å²) in [5, 5.41) is 1.53. The van der Waals surface area contributed by atoms with Crippen molar-refractivity contribution in [1.29, 1.82) is 0 Å². The Balaban J connectivity index is 2.82. The van der Waals surface area contributed by atoms with Gasteiger partial charge in [-0.25, -0.2) is 0 Å². The van der Waals surface area contributed by atoms with Crippen LogP contribution in [-0.4, -0.2) is 28.5 Å². The third kappa shape index (κ3) is 2.10. The van der Waals surface area contributed by atoms with Crippen LogP contribution in [0.5, 0.6) is 0 Å². The molecule has 0 aromatic heterocycles. The fourth-order valence-electron chi connectivity index (χ4n) is 1.79. The first kappa shape index (κ1) is 11.1. The molecule has 0 aromatic carbocycles. The van der Waals surface area contributed by atoms with Crippen LogP contribution in [-0.2, 0) is 3.76 Å². The topological polar surface area (TPSA) is 9.23 Å². The summed E-state index contributed by atoms with van der Waals surface area (Å²) < 4.78 is 6.35. The van der Waals surface area contributed by atoms with Crippen LogP contribution in [0, 0.1) is 0 Å². The van der Waals surface area contributed by atoms with E-state index in [2.05, 4.69) is 36.9 Å². The first-order valence-electron chi connectivity index (χ1n) is 4.87. The van der Waals surface area contributed by atoms with Crippen molar-refractivity contribution in [3.63, 3.8) is 0 Å². The van der Waals surface area contributed by atoms with Gasteiger partial charge in [0.2, 0.25) is 0 Å². The molecule has 1 nitrogen and oxygen atoms in total. The molecule has 0 aromatic rings. The molecule has 0 aliphatic carbocycles. The van der Waals surface area contributed by atoms with Gasteiger partial charge in [0.1, 0.15) is 0 Å². The summed E-state index contributed by atoms with van der Waals surface area (Å²) in [7, 11) is 0. The normalized spacial score (nSPS) is 31.5. The summed E-state index contributed by atoms with van der Waals surface area (Å²) in [5.41, 5.74) is 0.199. The van der Waals surface area contributed by atoms with Gasteiger partial charge >= 0.3 is 80.8 Å². The van der Waals surface area contributed by atoms with Crippen LogP contribution in [0.25, 0.3) is 0 Å². The van der Waals surface area contributed by atoms with Crippen molar-refractivity contribution in [3.05, 3.63) is 0 Å². The van der Waals surface area contributed by atoms with E-state index in [1.165, 1.54) is 11.7 Å². The molecule has 1 rings (SSSR count). The van der Waals surface area contributed by atoms with Gasteiger partial charge in [0.15, 0.2) is 0 Å². The Bertz CT molecular complexity index is 185. The van der Waals surface area contributed by atoms with Gasteiger partial charge in [-0.2, -0.15) is 0 Å². The maximum atomic E-state index is 6.35. The van der Waals surface area contributed by atoms with Gasteiger partial charge in [-0.3, -0.25) is 0 Å². The Labute approximate surface area is 80.7 Å². The molecule has 12 heavy (non-hydrogen) atoms. The van der Waals surface area contributed by atoms with Crippen LogP contribution in [0.4, 0.5) is 0 Å². The molecule has 1 fully saturated rings. The van der Waals surface area contributed by atoms with E-state index in [1.54, 1.807) is 0 Å². The minimum absolute atomic E-state index is 0.199. The predicted molar refractivity (Wildman–Crippen MR) is 59.6 cm³/mol. The van der Waals surface area contributed by atoms with Crippen molar-refractivity contribution in [1.82, 2.24) is 0 Å². The van der Waals surface area contributed by atoms with Crippen LogP contribution in [0.3, 0.4) is 0 Å². The average molecular weight is 291 g/mol. The summed E-state index contributed by atoms with van der Waals surface area (Å²) in [6.45, 7) is 4.52. The van der Waals surface area contributed by atoms with Crippen LogP contribution >= 0.6 is 0 Å².